The fourth-order valence-corrected chi connectivity index (χ4v) is 3.43. The van der Waals surface area contributed by atoms with Crippen molar-refractivity contribution < 1.29 is 14.3 Å². The predicted octanol–water partition coefficient (Wildman–Crippen LogP) is 2.31. The Morgan fingerprint density at radius 3 is 2.78 bits per heavy atom. The minimum atomic E-state index is 0.0420. The van der Waals surface area contributed by atoms with Crippen LogP contribution in [0, 0.1) is 0 Å². The van der Waals surface area contributed by atoms with Gasteiger partial charge in [0.05, 0.1) is 14.2 Å². The Hall–Kier alpha value is -2.57. The van der Waals surface area contributed by atoms with Crippen molar-refractivity contribution in [3.8, 4) is 11.5 Å². The molecule has 3 rings (SSSR count). The van der Waals surface area contributed by atoms with Crippen molar-refractivity contribution in [2.24, 2.45) is 0 Å². The van der Waals surface area contributed by atoms with E-state index >= 15 is 0 Å². The molecule has 0 radical (unpaired) electrons. The van der Waals surface area contributed by atoms with E-state index < -0.39 is 0 Å². The van der Waals surface area contributed by atoms with Crippen LogP contribution >= 0.6 is 0 Å². The van der Waals surface area contributed by atoms with Crippen LogP contribution in [0.15, 0.2) is 18.2 Å². The number of methoxy groups -OCH3 is 2. The molecule has 0 saturated carbocycles. The Kier molecular flexibility index (Phi) is 6.68. The maximum Gasteiger partial charge on any atom is 0.220 e. The van der Waals surface area contributed by atoms with Crippen LogP contribution < -0.4 is 14.8 Å². The summed E-state index contributed by atoms with van der Waals surface area (Å²) >= 11 is 0. The number of hydrogen-bond donors (Lipinski definition) is 1. The molecule has 1 aromatic heterocycles. The number of rotatable bonds is 8. The lowest BCUT2D eigenvalue weighted by Crippen LogP contribution is -2.26. The van der Waals surface area contributed by atoms with Crippen molar-refractivity contribution in [2.45, 2.75) is 51.5 Å². The molecule has 2 aromatic rings. The van der Waals surface area contributed by atoms with E-state index in [0.717, 1.165) is 36.6 Å². The number of amides is 1. The number of benzene rings is 1. The van der Waals surface area contributed by atoms with E-state index in [1.807, 2.05) is 18.2 Å². The van der Waals surface area contributed by atoms with E-state index in [1.165, 1.54) is 19.3 Å². The minimum Gasteiger partial charge on any atom is -0.493 e. The van der Waals surface area contributed by atoms with Gasteiger partial charge in [0.1, 0.15) is 11.6 Å². The summed E-state index contributed by atoms with van der Waals surface area (Å²) in [5.74, 6) is 3.48. The topological polar surface area (TPSA) is 78.3 Å². The SMILES string of the molecule is COc1ccc(CCC(=O)NCCc2nnc3n2CCCCC3)cc1OC. The average Bonchev–Trinajstić information content (AvgIpc) is 2.92. The van der Waals surface area contributed by atoms with Gasteiger partial charge >= 0.3 is 0 Å². The molecule has 0 fully saturated rings. The molecule has 0 atom stereocenters. The third-order valence-electron chi connectivity index (χ3n) is 4.95. The first-order valence-electron chi connectivity index (χ1n) is 9.60. The number of carbonyl (C=O) groups excluding carboxylic acids is 1. The van der Waals surface area contributed by atoms with Gasteiger partial charge in [-0.3, -0.25) is 4.79 Å². The quantitative estimate of drug-likeness (QED) is 0.769. The number of carbonyl (C=O) groups is 1. The smallest absolute Gasteiger partial charge is 0.220 e. The standard InChI is InChI=1S/C20H28N4O3/c1-26-16-9-7-15(14-17(16)27-2)8-10-20(25)21-12-11-19-23-22-18-6-4-3-5-13-24(18)19/h7,9,14H,3-6,8,10-13H2,1-2H3,(H,21,25). The fourth-order valence-electron chi connectivity index (χ4n) is 3.43. The van der Waals surface area contributed by atoms with Gasteiger partial charge in [-0.25, -0.2) is 0 Å². The summed E-state index contributed by atoms with van der Waals surface area (Å²) in [6, 6.07) is 5.74. The fraction of sp³-hybridized carbons (Fsp3) is 0.550. The molecule has 1 aromatic carbocycles. The molecule has 2 heterocycles. The van der Waals surface area contributed by atoms with Crippen LogP contribution in [0.5, 0.6) is 11.5 Å². The highest BCUT2D eigenvalue weighted by molar-refractivity contribution is 5.76. The Morgan fingerprint density at radius 2 is 1.96 bits per heavy atom. The molecule has 1 N–H and O–H groups in total. The monoisotopic (exact) mass is 372 g/mol. The first kappa shape index (κ1) is 19.2. The largest absolute Gasteiger partial charge is 0.493 e. The highest BCUT2D eigenvalue weighted by Gasteiger charge is 2.14. The summed E-state index contributed by atoms with van der Waals surface area (Å²) in [7, 11) is 3.22. The number of nitrogens with zero attached hydrogens (tertiary/aromatic N) is 3. The summed E-state index contributed by atoms with van der Waals surface area (Å²) in [4.78, 5) is 12.2. The molecule has 146 valence electrons. The summed E-state index contributed by atoms with van der Waals surface area (Å²) in [5, 5.41) is 11.6. The molecule has 0 bridgehead atoms. The Morgan fingerprint density at radius 1 is 1.11 bits per heavy atom. The van der Waals surface area contributed by atoms with Crippen LogP contribution in [0.3, 0.4) is 0 Å². The number of aromatic nitrogens is 3. The van der Waals surface area contributed by atoms with Crippen molar-refractivity contribution in [1.82, 2.24) is 20.1 Å². The van der Waals surface area contributed by atoms with Crippen molar-refractivity contribution >= 4 is 5.91 Å². The molecule has 0 spiro atoms. The molecule has 27 heavy (non-hydrogen) atoms. The van der Waals surface area contributed by atoms with E-state index in [2.05, 4.69) is 20.1 Å². The molecule has 1 amide bonds. The van der Waals surface area contributed by atoms with Gasteiger partial charge in [-0.05, 0) is 37.0 Å². The molecular formula is C20H28N4O3. The van der Waals surface area contributed by atoms with E-state index in [9.17, 15) is 4.79 Å². The van der Waals surface area contributed by atoms with E-state index in [4.69, 9.17) is 9.47 Å². The Bertz CT molecular complexity index is 773. The van der Waals surface area contributed by atoms with E-state index in [1.54, 1.807) is 14.2 Å². The highest BCUT2D eigenvalue weighted by atomic mass is 16.5. The summed E-state index contributed by atoms with van der Waals surface area (Å²) in [6.07, 6.45) is 6.43. The zero-order valence-electron chi connectivity index (χ0n) is 16.2. The normalized spacial score (nSPS) is 13.6. The molecule has 0 unspecified atom stereocenters. The number of nitrogens with one attached hydrogen (secondary N) is 1. The molecule has 1 aliphatic rings. The first-order valence-corrected chi connectivity index (χ1v) is 9.60. The maximum atomic E-state index is 12.2. The van der Waals surface area contributed by atoms with Gasteiger partial charge in [-0.1, -0.05) is 12.5 Å². The number of fused-ring (bicyclic) bond motifs is 1. The van der Waals surface area contributed by atoms with Gasteiger partial charge in [-0.2, -0.15) is 0 Å². The number of ether oxygens (including phenoxy) is 2. The molecule has 1 aliphatic heterocycles. The zero-order valence-corrected chi connectivity index (χ0v) is 16.2. The van der Waals surface area contributed by atoms with Gasteiger partial charge in [0.25, 0.3) is 0 Å². The van der Waals surface area contributed by atoms with Crippen LogP contribution in [0.4, 0.5) is 0 Å². The van der Waals surface area contributed by atoms with Gasteiger partial charge < -0.3 is 19.4 Å². The summed E-state index contributed by atoms with van der Waals surface area (Å²) in [6.45, 7) is 1.58. The second kappa shape index (κ2) is 9.39. The van der Waals surface area contributed by atoms with Crippen LogP contribution in [0.1, 0.15) is 42.9 Å². The van der Waals surface area contributed by atoms with Crippen molar-refractivity contribution in [1.29, 1.82) is 0 Å². The highest BCUT2D eigenvalue weighted by Crippen LogP contribution is 2.27. The molecule has 7 heteroatoms. The lowest BCUT2D eigenvalue weighted by molar-refractivity contribution is -0.121. The average molecular weight is 372 g/mol. The third-order valence-corrected chi connectivity index (χ3v) is 4.95. The molecule has 0 aliphatic carbocycles. The lowest BCUT2D eigenvalue weighted by Gasteiger charge is -2.10. The Labute approximate surface area is 160 Å². The second-order valence-corrected chi connectivity index (χ2v) is 6.78. The summed E-state index contributed by atoms with van der Waals surface area (Å²) < 4.78 is 12.8. The predicted molar refractivity (Wildman–Crippen MR) is 102 cm³/mol. The zero-order chi connectivity index (χ0) is 19.1. The van der Waals surface area contributed by atoms with E-state index in [0.29, 0.717) is 30.9 Å². The second-order valence-electron chi connectivity index (χ2n) is 6.78. The number of hydrogen-bond acceptors (Lipinski definition) is 5. The van der Waals surface area contributed by atoms with Crippen molar-refractivity contribution in [3.63, 3.8) is 0 Å². The van der Waals surface area contributed by atoms with Crippen LogP contribution in [-0.4, -0.2) is 41.4 Å². The number of aryl methyl sites for hydroxylation is 2. The van der Waals surface area contributed by atoms with Gasteiger partial charge in [0.2, 0.25) is 5.91 Å². The molecular weight excluding hydrogens is 344 g/mol. The van der Waals surface area contributed by atoms with Crippen LogP contribution in [0.25, 0.3) is 0 Å². The van der Waals surface area contributed by atoms with Crippen molar-refractivity contribution in [2.75, 3.05) is 20.8 Å². The van der Waals surface area contributed by atoms with Crippen LogP contribution in [0.2, 0.25) is 0 Å². The summed E-state index contributed by atoms with van der Waals surface area (Å²) in [5.41, 5.74) is 1.05. The molecule has 0 saturated heterocycles. The Balaban J connectivity index is 1.45. The van der Waals surface area contributed by atoms with Crippen LogP contribution in [-0.2, 0) is 30.6 Å². The van der Waals surface area contributed by atoms with Gasteiger partial charge in [-0.15, -0.1) is 10.2 Å². The maximum absolute atomic E-state index is 12.2. The van der Waals surface area contributed by atoms with Crippen molar-refractivity contribution in [3.05, 3.63) is 35.4 Å². The molecule has 7 nitrogen and oxygen atoms in total. The lowest BCUT2D eigenvalue weighted by atomic mass is 10.1. The third kappa shape index (κ3) is 4.99. The van der Waals surface area contributed by atoms with E-state index in [-0.39, 0.29) is 5.91 Å². The first-order chi connectivity index (χ1) is 13.2. The van der Waals surface area contributed by atoms with Gasteiger partial charge in [0, 0.05) is 32.4 Å². The van der Waals surface area contributed by atoms with Gasteiger partial charge in [0.15, 0.2) is 11.5 Å². The minimum absolute atomic E-state index is 0.0420.